The molecule has 1 amide bonds. The van der Waals surface area contributed by atoms with Crippen LogP contribution in [0.4, 0.5) is 5.69 Å². The number of thiophene rings is 1. The number of hydrazone groups is 1. The van der Waals surface area contributed by atoms with Gasteiger partial charge in [-0.3, -0.25) is 14.9 Å². The molecule has 8 heteroatoms. The van der Waals surface area contributed by atoms with Crippen LogP contribution < -0.4 is 5.43 Å². The van der Waals surface area contributed by atoms with E-state index >= 15 is 0 Å². The number of amides is 1. The summed E-state index contributed by atoms with van der Waals surface area (Å²) in [5.74, 6) is -0.527. The highest BCUT2D eigenvalue weighted by Crippen LogP contribution is 2.22. The van der Waals surface area contributed by atoms with E-state index in [1.807, 2.05) is 18.4 Å². The van der Waals surface area contributed by atoms with Crippen LogP contribution in [-0.2, 0) is 0 Å². The van der Waals surface area contributed by atoms with Gasteiger partial charge >= 0.3 is 0 Å². The first-order valence-corrected chi connectivity index (χ1v) is 7.06. The van der Waals surface area contributed by atoms with Crippen molar-refractivity contribution in [2.75, 3.05) is 0 Å². The summed E-state index contributed by atoms with van der Waals surface area (Å²) in [7, 11) is 0. The number of aryl methyl sites for hydroxylation is 1. The lowest BCUT2D eigenvalue weighted by molar-refractivity contribution is -0.384. The summed E-state index contributed by atoms with van der Waals surface area (Å²) in [4.78, 5) is 22.8. The second-order valence-corrected chi connectivity index (χ2v) is 5.44. The maximum Gasteiger partial charge on any atom is 0.272 e. The third-order valence-corrected chi connectivity index (χ3v) is 3.92. The number of halogens is 1. The van der Waals surface area contributed by atoms with Crippen LogP contribution in [0.2, 0.25) is 5.02 Å². The van der Waals surface area contributed by atoms with Crippen LogP contribution in [0.3, 0.4) is 0 Å². The van der Waals surface area contributed by atoms with Crippen LogP contribution in [0.5, 0.6) is 0 Å². The second kappa shape index (κ2) is 6.47. The van der Waals surface area contributed by atoms with E-state index in [2.05, 4.69) is 10.5 Å². The topological polar surface area (TPSA) is 84.6 Å². The van der Waals surface area contributed by atoms with Crippen molar-refractivity contribution in [3.05, 3.63) is 60.8 Å². The lowest BCUT2D eigenvalue weighted by Gasteiger charge is -2.02. The van der Waals surface area contributed by atoms with Crippen molar-refractivity contribution in [2.45, 2.75) is 6.92 Å². The molecular formula is C13H10ClN3O3S. The number of benzene rings is 1. The van der Waals surface area contributed by atoms with Crippen LogP contribution >= 0.6 is 22.9 Å². The molecule has 0 saturated heterocycles. The summed E-state index contributed by atoms with van der Waals surface area (Å²) in [6, 6.07) is 5.58. The number of hydrogen-bond acceptors (Lipinski definition) is 5. The number of nitro benzene ring substituents is 1. The highest BCUT2D eigenvalue weighted by Gasteiger charge is 2.14. The molecule has 21 heavy (non-hydrogen) atoms. The molecule has 0 saturated carbocycles. The summed E-state index contributed by atoms with van der Waals surface area (Å²) in [6.45, 7) is 1.94. The Hall–Kier alpha value is -2.25. The number of non-ortho nitro benzene ring substituents is 1. The zero-order valence-corrected chi connectivity index (χ0v) is 12.4. The van der Waals surface area contributed by atoms with E-state index in [0.717, 1.165) is 16.5 Å². The number of nitrogens with zero attached hydrogens (tertiary/aromatic N) is 2. The zero-order valence-electron chi connectivity index (χ0n) is 10.9. The fourth-order valence-corrected chi connectivity index (χ4v) is 2.58. The van der Waals surface area contributed by atoms with Crippen LogP contribution in [-0.4, -0.2) is 17.0 Å². The highest BCUT2D eigenvalue weighted by atomic mass is 35.5. The number of rotatable bonds is 4. The molecule has 2 rings (SSSR count). The molecule has 0 aliphatic rings. The van der Waals surface area contributed by atoms with Gasteiger partial charge < -0.3 is 0 Å². The highest BCUT2D eigenvalue weighted by molar-refractivity contribution is 7.11. The average Bonchev–Trinajstić information content (AvgIpc) is 2.84. The Balaban J connectivity index is 2.09. The maximum absolute atomic E-state index is 11.9. The maximum atomic E-state index is 11.9. The third kappa shape index (κ3) is 3.65. The molecule has 0 radical (unpaired) electrons. The molecule has 6 nitrogen and oxygen atoms in total. The minimum absolute atomic E-state index is 0.00389. The van der Waals surface area contributed by atoms with Gasteiger partial charge in [-0.25, -0.2) is 5.43 Å². The SMILES string of the molecule is Cc1ccsc1/C=N\NC(=O)c1ccc([N+](=O)[O-])cc1Cl. The van der Waals surface area contributed by atoms with E-state index in [9.17, 15) is 14.9 Å². The first kappa shape index (κ1) is 15.1. The summed E-state index contributed by atoms with van der Waals surface area (Å²) in [6.07, 6.45) is 1.54. The van der Waals surface area contributed by atoms with Crippen molar-refractivity contribution >= 4 is 40.7 Å². The van der Waals surface area contributed by atoms with Gasteiger partial charge in [-0.05, 0) is 30.0 Å². The Morgan fingerprint density at radius 3 is 2.81 bits per heavy atom. The number of nitrogens with one attached hydrogen (secondary N) is 1. The van der Waals surface area contributed by atoms with Crippen LogP contribution in [0.15, 0.2) is 34.7 Å². The molecule has 108 valence electrons. The van der Waals surface area contributed by atoms with Gasteiger partial charge in [0.25, 0.3) is 11.6 Å². The molecule has 0 atom stereocenters. The first-order chi connectivity index (χ1) is 9.99. The summed E-state index contributed by atoms with van der Waals surface area (Å²) in [5, 5.41) is 16.4. The minimum atomic E-state index is -0.578. The first-order valence-electron chi connectivity index (χ1n) is 5.80. The predicted octanol–water partition coefficient (Wildman–Crippen LogP) is 3.38. The summed E-state index contributed by atoms with van der Waals surface area (Å²) in [5.41, 5.74) is 3.35. The van der Waals surface area contributed by atoms with Crippen molar-refractivity contribution in [2.24, 2.45) is 5.10 Å². The lowest BCUT2D eigenvalue weighted by atomic mass is 10.2. The predicted molar refractivity (Wildman–Crippen MR) is 82.2 cm³/mol. The Morgan fingerprint density at radius 2 is 2.24 bits per heavy atom. The fourth-order valence-electron chi connectivity index (χ4n) is 1.53. The molecule has 0 unspecified atom stereocenters. The van der Waals surface area contributed by atoms with Crippen molar-refractivity contribution < 1.29 is 9.72 Å². The van der Waals surface area contributed by atoms with Crippen molar-refractivity contribution in [3.8, 4) is 0 Å². The normalized spacial score (nSPS) is 10.8. The number of carbonyl (C=O) groups is 1. The van der Waals surface area contributed by atoms with Gasteiger partial charge in [0.15, 0.2) is 0 Å². The lowest BCUT2D eigenvalue weighted by Crippen LogP contribution is -2.18. The molecule has 2 aromatic rings. The molecule has 1 N–H and O–H groups in total. The smallest absolute Gasteiger partial charge is 0.267 e. The Kier molecular flexibility index (Phi) is 4.66. The number of nitro groups is 1. The van der Waals surface area contributed by atoms with Crippen LogP contribution in [0.1, 0.15) is 20.8 Å². The molecule has 1 heterocycles. The quantitative estimate of drug-likeness (QED) is 0.531. The van der Waals surface area contributed by atoms with Crippen molar-refractivity contribution in [1.82, 2.24) is 5.43 Å². The van der Waals surface area contributed by atoms with Gasteiger partial charge in [0, 0.05) is 17.0 Å². The fraction of sp³-hybridized carbons (Fsp3) is 0.0769. The van der Waals surface area contributed by atoms with Crippen LogP contribution in [0, 0.1) is 17.0 Å². The third-order valence-electron chi connectivity index (χ3n) is 2.66. The van der Waals surface area contributed by atoms with Crippen LogP contribution in [0.25, 0.3) is 0 Å². The van der Waals surface area contributed by atoms with Gasteiger partial charge in [0.2, 0.25) is 0 Å². The Bertz CT molecular complexity index is 727. The minimum Gasteiger partial charge on any atom is -0.267 e. The molecule has 1 aromatic heterocycles. The molecule has 0 bridgehead atoms. The largest absolute Gasteiger partial charge is 0.272 e. The van der Waals surface area contributed by atoms with Crippen molar-refractivity contribution in [1.29, 1.82) is 0 Å². The summed E-state index contributed by atoms with van der Waals surface area (Å²) >= 11 is 7.36. The number of carbonyl (C=O) groups excluding carboxylic acids is 1. The van der Waals surface area contributed by atoms with Gasteiger partial charge in [-0.1, -0.05) is 11.6 Å². The van der Waals surface area contributed by atoms with E-state index < -0.39 is 10.8 Å². The van der Waals surface area contributed by atoms with E-state index in [4.69, 9.17) is 11.6 Å². The van der Waals surface area contributed by atoms with E-state index in [0.29, 0.717) is 0 Å². The van der Waals surface area contributed by atoms with E-state index in [1.54, 1.807) is 0 Å². The Labute approximate surface area is 129 Å². The molecule has 0 spiro atoms. The van der Waals surface area contributed by atoms with Gasteiger partial charge in [-0.15, -0.1) is 11.3 Å². The van der Waals surface area contributed by atoms with Gasteiger partial charge in [0.1, 0.15) is 0 Å². The van der Waals surface area contributed by atoms with E-state index in [1.165, 1.54) is 29.7 Å². The van der Waals surface area contributed by atoms with E-state index in [-0.39, 0.29) is 16.3 Å². The molecule has 0 aliphatic heterocycles. The molecule has 0 fully saturated rings. The monoisotopic (exact) mass is 323 g/mol. The van der Waals surface area contributed by atoms with Crippen molar-refractivity contribution in [3.63, 3.8) is 0 Å². The molecule has 0 aliphatic carbocycles. The van der Waals surface area contributed by atoms with Gasteiger partial charge in [-0.2, -0.15) is 5.10 Å². The molecule has 1 aromatic carbocycles. The number of hydrogen-bond donors (Lipinski definition) is 1. The summed E-state index contributed by atoms with van der Waals surface area (Å²) < 4.78 is 0. The standard InChI is InChI=1S/C13H10ClN3O3S/c1-8-4-5-21-12(8)7-15-16-13(18)10-3-2-9(17(19)20)6-11(10)14/h2-7H,1H3,(H,16,18)/b15-7-. The average molecular weight is 324 g/mol. The second-order valence-electron chi connectivity index (χ2n) is 4.09. The van der Waals surface area contributed by atoms with Gasteiger partial charge in [0.05, 0.1) is 21.7 Å². The zero-order chi connectivity index (χ0) is 15.4. The molecular weight excluding hydrogens is 314 g/mol. The Morgan fingerprint density at radius 1 is 1.48 bits per heavy atom.